The Morgan fingerprint density at radius 1 is 1.03 bits per heavy atom. The summed E-state index contributed by atoms with van der Waals surface area (Å²) in [4.78, 5) is 20.0. The maximum absolute atomic E-state index is 12.1. The first-order chi connectivity index (χ1) is 16.4. The molecular formula is C26H18Cl2N2O4. The number of H-pyrrole nitrogens is 1. The van der Waals surface area contributed by atoms with E-state index in [9.17, 15) is 9.90 Å². The van der Waals surface area contributed by atoms with Crippen LogP contribution in [0.3, 0.4) is 0 Å². The van der Waals surface area contributed by atoms with Crippen molar-refractivity contribution in [2.75, 3.05) is 6.79 Å². The Morgan fingerprint density at radius 2 is 1.79 bits per heavy atom. The molecule has 0 spiro atoms. The van der Waals surface area contributed by atoms with Crippen LogP contribution in [0.2, 0.25) is 10.0 Å². The number of aromatic nitrogens is 2. The zero-order valence-electron chi connectivity index (χ0n) is 17.9. The van der Waals surface area contributed by atoms with E-state index in [1.807, 2.05) is 31.2 Å². The molecule has 34 heavy (non-hydrogen) atoms. The number of nitrogens with zero attached hydrogens (tertiary/aromatic N) is 1. The van der Waals surface area contributed by atoms with Gasteiger partial charge in [0.15, 0.2) is 11.5 Å². The van der Waals surface area contributed by atoms with Gasteiger partial charge in [0.2, 0.25) is 6.79 Å². The minimum Gasteiger partial charge on any atom is -0.478 e. The molecule has 2 heterocycles. The standard InChI is InChI=1S/C26H18Cl2N2O4/c1-14-2-4-15(5-3-14)18(26(31)32)12-23-29-24(16-6-9-21-22(10-16)34-13-33-21)25(30-23)19-11-17(27)7-8-20(19)28/h2-12H,13H2,1H3,(H,29,30)(H,31,32). The summed E-state index contributed by atoms with van der Waals surface area (Å²) in [6.07, 6.45) is 1.51. The number of hydrogen-bond acceptors (Lipinski definition) is 4. The van der Waals surface area contributed by atoms with Gasteiger partial charge in [0.05, 0.1) is 22.0 Å². The first-order valence-electron chi connectivity index (χ1n) is 10.4. The van der Waals surface area contributed by atoms with Crippen LogP contribution < -0.4 is 9.47 Å². The van der Waals surface area contributed by atoms with Crippen LogP contribution in [0.5, 0.6) is 11.5 Å². The number of rotatable bonds is 5. The summed E-state index contributed by atoms with van der Waals surface area (Å²) < 4.78 is 10.9. The lowest BCUT2D eigenvalue weighted by Crippen LogP contribution is -2.00. The van der Waals surface area contributed by atoms with Crippen LogP contribution in [0, 0.1) is 6.92 Å². The monoisotopic (exact) mass is 492 g/mol. The van der Waals surface area contributed by atoms with Gasteiger partial charge < -0.3 is 19.6 Å². The van der Waals surface area contributed by atoms with Gasteiger partial charge >= 0.3 is 5.97 Å². The van der Waals surface area contributed by atoms with E-state index >= 15 is 0 Å². The van der Waals surface area contributed by atoms with Crippen LogP contribution in [-0.2, 0) is 4.79 Å². The number of fused-ring (bicyclic) bond motifs is 1. The molecule has 2 N–H and O–H groups in total. The lowest BCUT2D eigenvalue weighted by atomic mass is 10.0. The fourth-order valence-electron chi connectivity index (χ4n) is 3.74. The van der Waals surface area contributed by atoms with Crippen molar-refractivity contribution in [3.05, 3.63) is 87.7 Å². The van der Waals surface area contributed by atoms with Crippen molar-refractivity contribution in [3.63, 3.8) is 0 Å². The van der Waals surface area contributed by atoms with Crippen LogP contribution in [0.1, 0.15) is 17.0 Å². The molecule has 0 atom stereocenters. The van der Waals surface area contributed by atoms with E-state index in [1.165, 1.54) is 6.08 Å². The maximum Gasteiger partial charge on any atom is 0.336 e. The van der Waals surface area contributed by atoms with Gasteiger partial charge in [-0.2, -0.15) is 0 Å². The molecule has 1 aliphatic heterocycles. The molecule has 0 aliphatic carbocycles. The third-order valence-electron chi connectivity index (χ3n) is 5.44. The number of nitrogens with one attached hydrogen (secondary N) is 1. The van der Waals surface area contributed by atoms with E-state index in [1.54, 1.807) is 36.4 Å². The number of ether oxygens (including phenoxy) is 2. The number of aryl methyl sites for hydroxylation is 1. The molecule has 0 bridgehead atoms. The third-order valence-corrected chi connectivity index (χ3v) is 6.00. The predicted octanol–water partition coefficient (Wildman–Crippen LogP) is 6.71. The Bertz CT molecular complexity index is 1440. The minimum absolute atomic E-state index is 0.106. The minimum atomic E-state index is -1.06. The van der Waals surface area contributed by atoms with Crippen molar-refractivity contribution >= 4 is 40.8 Å². The molecule has 8 heteroatoms. The van der Waals surface area contributed by atoms with Gasteiger partial charge in [0, 0.05) is 16.1 Å². The van der Waals surface area contributed by atoms with Crippen molar-refractivity contribution < 1.29 is 19.4 Å². The van der Waals surface area contributed by atoms with E-state index in [-0.39, 0.29) is 12.4 Å². The molecule has 1 aliphatic rings. The van der Waals surface area contributed by atoms with Gasteiger partial charge in [-0.25, -0.2) is 9.78 Å². The lowest BCUT2D eigenvalue weighted by Gasteiger charge is -2.07. The van der Waals surface area contributed by atoms with E-state index < -0.39 is 5.97 Å². The topological polar surface area (TPSA) is 84.4 Å². The Kier molecular flexibility index (Phi) is 5.77. The quantitative estimate of drug-likeness (QED) is 0.302. The Balaban J connectivity index is 1.69. The molecule has 0 radical (unpaired) electrons. The molecule has 0 unspecified atom stereocenters. The van der Waals surface area contributed by atoms with Crippen LogP contribution in [0.15, 0.2) is 60.7 Å². The van der Waals surface area contributed by atoms with Gasteiger partial charge in [-0.05, 0) is 55.0 Å². The molecule has 3 aromatic carbocycles. The van der Waals surface area contributed by atoms with Crippen molar-refractivity contribution in [2.45, 2.75) is 6.92 Å². The number of hydrogen-bond donors (Lipinski definition) is 2. The Hall–Kier alpha value is -3.74. The highest BCUT2D eigenvalue weighted by atomic mass is 35.5. The Morgan fingerprint density at radius 3 is 2.56 bits per heavy atom. The average Bonchev–Trinajstić information content (AvgIpc) is 3.46. The summed E-state index contributed by atoms with van der Waals surface area (Å²) in [7, 11) is 0. The van der Waals surface area contributed by atoms with E-state index in [2.05, 4.69) is 4.98 Å². The van der Waals surface area contributed by atoms with Crippen LogP contribution >= 0.6 is 23.2 Å². The molecule has 1 aromatic heterocycles. The molecule has 5 rings (SSSR count). The summed E-state index contributed by atoms with van der Waals surface area (Å²) in [6, 6.07) is 17.9. The third kappa shape index (κ3) is 4.25. The molecule has 0 saturated carbocycles. The molecule has 0 saturated heterocycles. The molecule has 6 nitrogen and oxygen atoms in total. The lowest BCUT2D eigenvalue weighted by molar-refractivity contribution is -0.130. The number of aromatic amines is 1. The smallest absolute Gasteiger partial charge is 0.336 e. The normalized spacial score (nSPS) is 12.7. The fraction of sp³-hybridized carbons (Fsp3) is 0.0769. The second-order valence-corrected chi connectivity index (χ2v) is 8.61. The first kappa shape index (κ1) is 22.1. The summed E-state index contributed by atoms with van der Waals surface area (Å²) in [5, 5.41) is 10.9. The zero-order valence-corrected chi connectivity index (χ0v) is 19.4. The van der Waals surface area contributed by atoms with E-state index in [0.29, 0.717) is 49.9 Å². The van der Waals surface area contributed by atoms with Crippen LogP contribution in [0.25, 0.3) is 34.2 Å². The first-order valence-corrected chi connectivity index (χ1v) is 11.1. The molecule has 0 fully saturated rings. The highest BCUT2D eigenvalue weighted by molar-refractivity contribution is 6.35. The van der Waals surface area contributed by atoms with Crippen molar-refractivity contribution in [1.82, 2.24) is 9.97 Å². The fourth-order valence-corrected chi connectivity index (χ4v) is 4.12. The zero-order chi connectivity index (χ0) is 23.8. The summed E-state index contributed by atoms with van der Waals surface area (Å²) >= 11 is 12.7. The van der Waals surface area contributed by atoms with Crippen molar-refractivity contribution in [3.8, 4) is 34.0 Å². The SMILES string of the molecule is Cc1ccc(C(=Cc2nc(-c3ccc4c(c3)OCO4)c(-c3cc(Cl)ccc3Cl)[nH]2)C(=O)O)cc1. The second-order valence-electron chi connectivity index (χ2n) is 7.77. The van der Waals surface area contributed by atoms with Gasteiger partial charge in [-0.1, -0.05) is 53.0 Å². The number of carboxylic acid groups (broad SMARTS) is 1. The summed E-state index contributed by atoms with van der Waals surface area (Å²) in [5.74, 6) is 0.546. The molecule has 170 valence electrons. The summed E-state index contributed by atoms with van der Waals surface area (Å²) in [5.41, 5.74) is 4.28. The van der Waals surface area contributed by atoms with Crippen LogP contribution in [-0.4, -0.2) is 27.8 Å². The van der Waals surface area contributed by atoms with Gasteiger partial charge in [0.25, 0.3) is 0 Å². The number of carbonyl (C=O) groups is 1. The van der Waals surface area contributed by atoms with Gasteiger partial charge in [0.1, 0.15) is 5.82 Å². The van der Waals surface area contributed by atoms with Gasteiger partial charge in [-0.15, -0.1) is 0 Å². The number of halogens is 2. The maximum atomic E-state index is 12.1. The summed E-state index contributed by atoms with van der Waals surface area (Å²) in [6.45, 7) is 2.10. The van der Waals surface area contributed by atoms with E-state index in [4.69, 9.17) is 37.7 Å². The molecule has 0 amide bonds. The number of aliphatic carboxylic acids is 1. The highest BCUT2D eigenvalue weighted by Crippen LogP contribution is 2.40. The van der Waals surface area contributed by atoms with Crippen molar-refractivity contribution in [1.29, 1.82) is 0 Å². The van der Waals surface area contributed by atoms with Crippen molar-refractivity contribution in [2.24, 2.45) is 0 Å². The number of carboxylic acids is 1. The average molecular weight is 493 g/mol. The van der Waals surface area contributed by atoms with Crippen LogP contribution in [0.4, 0.5) is 0 Å². The highest BCUT2D eigenvalue weighted by Gasteiger charge is 2.21. The number of imidazole rings is 1. The second kappa shape index (κ2) is 8.89. The predicted molar refractivity (Wildman–Crippen MR) is 132 cm³/mol. The largest absolute Gasteiger partial charge is 0.478 e. The van der Waals surface area contributed by atoms with E-state index in [0.717, 1.165) is 11.1 Å². The van der Waals surface area contributed by atoms with Gasteiger partial charge in [-0.3, -0.25) is 0 Å². The molecular weight excluding hydrogens is 475 g/mol. The molecule has 4 aromatic rings. The number of benzene rings is 3. The Labute approximate surface area is 205 Å².